The summed E-state index contributed by atoms with van der Waals surface area (Å²) < 4.78 is 0. The van der Waals surface area contributed by atoms with Gasteiger partial charge in [0.2, 0.25) is 5.91 Å². The zero-order chi connectivity index (χ0) is 13.9. The van der Waals surface area contributed by atoms with Crippen molar-refractivity contribution in [3.8, 4) is 0 Å². The number of amides is 1. The number of carbonyl (C=O) groups excluding carboxylic acids is 1. The lowest BCUT2D eigenvalue weighted by molar-refractivity contribution is -0.115. The third kappa shape index (κ3) is 2.47. The lowest BCUT2D eigenvalue weighted by Crippen LogP contribution is -2.14. The Morgan fingerprint density at radius 2 is 2.05 bits per heavy atom. The molecule has 3 aromatic rings. The van der Waals surface area contributed by atoms with Crippen LogP contribution in [0.4, 0.5) is 11.4 Å². The zero-order valence-corrected chi connectivity index (χ0v) is 10.8. The Morgan fingerprint density at radius 1 is 1.25 bits per heavy atom. The normalized spacial score (nSPS) is 10.6. The van der Waals surface area contributed by atoms with E-state index in [1.807, 2.05) is 30.3 Å². The van der Waals surface area contributed by atoms with Gasteiger partial charge >= 0.3 is 0 Å². The number of rotatable bonds is 3. The van der Waals surface area contributed by atoms with Gasteiger partial charge < -0.3 is 11.1 Å². The molecule has 0 unspecified atom stereocenters. The van der Waals surface area contributed by atoms with Crippen molar-refractivity contribution in [1.29, 1.82) is 0 Å². The molecule has 0 aliphatic heterocycles. The van der Waals surface area contributed by atoms with Crippen molar-refractivity contribution in [3.05, 3.63) is 54.2 Å². The van der Waals surface area contributed by atoms with Gasteiger partial charge in [-0.2, -0.15) is 5.10 Å². The number of aromatic amines is 1. The van der Waals surface area contributed by atoms with E-state index in [-0.39, 0.29) is 5.91 Å². The molecule has 0 saturated carbocycles. The Bertz CT molecular complexity index is 749. The fourth-order valence-corrected chi connectivity index (χ4v) is 2.15. The van der Waals surface area contributed by atoms with Crippen LogP contribution in [0.3, 0.4) is 0 Å². The standard InChI is InChI=1S/C15H14N4O/c16-11-7-13(12-9-17-19-14(12)8-11)18-15(20)6-10-4-2-1-3-5-10/h1-5,7-9H,6,16H2,(H,17,19)(H,18,20). The highest BCUT2D eigenvalue weighted by Crippen LogP contribution is 2.25. The summed E-state index contributed by atoms with van der Waals surface area (Å²) in [5, 5.41) is 10.5. The molecule has 3 rings (SSSR count). The van der Waals surface area contributed by atoms with E-state index in [4.69, 9.17) is 5.73 Å². The van der Waals surface area contributed by atoms with E-state index in [0.29, 0.717) is 17.8 Å². The van der Waals surface area contributed by atoms with Crippen LogP contribution in [-0.4, -0.2) is 16.1 Å². The second-order valence-electron chi connectivity index (χ2n) is 4.61. The molecule has 1 heterocycles. The first-order chi connectivity index (χ1) is 9.72. The maximum absolute atomic E-state index is 12.1. The molecule has 0 fully saturated rings. The number of hydrogen-bond acceptors (Lipinski definition) is 3. The molecule has 5 heteroatoms. The van der Waals surface area contributed by atoms with Crippen molar-refractivity contribution in [2.75, 3.05) is 11.1 Å². The van der Waals surface area contributed by atoms with Crippen LogP contribution < -0.4 is 11.1 Å². The average molecular weight is 266 g/mol. The van der Waals surface area contributed by atoms with E-state index in [2.05, 4.69) is 15.5 Å². The van der Waals surface area contributed by atoms with Crippen molar-refractivity contribution in [2.45, 2.75) is 6.42 Å². The number of nitrogens with zero attached hydrogens (tertiary/aromatic N) is 1. The minimum Gasteiger partial charge on any atom is -0.399 e. The maximum Gasteiger partial charge on any atom is 0.228 e. The van der Waals surface area contributed by atoms with Crippen molar-refractivity contribution in [2.24, 2.45) is 0 Å². The Hall–Kier alpha value is -2.82. The van der Waals surface area contributed by atoms with Crippen LogP contribution in [0.15, 0.2) is 48.7 Å². The summed E-state index contributed by atoms with van der Waals surface area (Å²) in [6.07, 6.45) is 2.00. The summed E-state index contributed by atoms with van der Waals surface area (Å²) in [5.74, 6) is -0.0794. The molecule has 100 valence electrons. The van der Waals surface area contributed by atoms with Gasteiger partial charge in [0.15, 0.2) is 0 Å². The molecule has 0 aliphatic carbocycles. The van der Waals surface area contributed by atoms with E-state index < -0.39 is 0 Å². The Labute approximate surface area is 115 Å². The number of anilines is 2. The van der Waals surface area contributed by atoms with Crippen LogP contribution in [0.1, 0.15) is 5.56 Å². The highest BCUT2D eigenvalue weighted by molar-refractivity contribution is 6.02. The third-order valence-corrected chi connectivity index (χ3v) is 3.06. The van der Waals surface area contributed by atoms with Crippen LogP contribution in [-0.2, 0) is 11.2 Å². The van der Waals surface area contributed by atoms with Gasteiger partial charge in [0.25, 0.3) is 0 Å². The summed E-state index contributed by atoms with van der Waals surface area (Å²) in [7, 11) is 0. The number of nitrogens with one attached hydrogen (secondary N) is 2. The number of aromatic nitrogens is 2. The van der Waals surface area contributed by atoms with Gasteiger partial charge in [0, 0.05) is 11.1 Å². The van der Waals surface area contributed by atoms with E-state index in [0.717, 1.165) is 16.5 Å². The van der Waals surface area contributed by atoms with Gasteiger partial charge in [0.05, 0.1) is 23.8 Å². The predicted octanol–water partition coefficient (Wildman–Crippen LogP) is 2.33. The molecular formula is C15H14N4O. The van der Waals surface area contributed by atoms with Gasteiger partial charge in [-0.3, -0.25) is 9.89 Å². The summed E-state index contributed by atoms with van der Waals surface area (Å²) in [4.78, 5) is 12.1. The van der Waals surface area contributed by atoms with Gasteiger partial charge in [0.1, 0.15) is 0 Å². The lowest BCUT2D eigenvalue weighted by Gasteiger charge is -2.07. The fraction of sp³-hybridized carbons (Fsp3) is 0.0667. The lowest BCUT2D eigenvalue weighted by atomic mass is 10.1. The molecule has 1 amide bonds. The summed E-state index contributed by atoms with van der Waals surface area (Å²) in [6, 6.07) is 13.1. The molecule has 0 atom stereocenters. The topological polar surface area (TPSA) is 83.8 Å². The Morgan fingerprint density at radius 3 is 2.85 bits per heavy atom. The fourth-order valence-electron chi connectivity index (χ4n) is 2.15. The second-order valence-corrected chi connectivity index (χ2v) is 4.61. The molecule has 0 saturated heterocycles. The van der Waals surface area contributed by atoms with Crippen molar-refractivity contribution in [3.63, 3.8) is 0 Å². The Balaban J connectivity index is 1.82. The van der Waals surface area contributed by atoms with E-state index in [1.165, 1.54) is 0 Å². The second kappa shape index (κ2) is 5.05. The van der Waals surface area contributed by atoms with Crippen LogP contribution >= 0.6 is 0 Å². The maximum atomic E-state index is 12.1. The molecule has 2 aromatic carbocycles. The number of nitrogens with two attached hydrogens (primary N) is 1. The van der Waals surface area contributed by atoms with Crippen LogP contribution in [0.5, 0.6) is 0 Å². The number of carbonyl (C=O) groups is 1. The molecule has 5 nitrogen and oxygen atoms in total. The van der Waals surface area contributed by atoms with Gasteiger partial charge in [-0.15, -0.1) is 0 Å². The first-order valence-electron chi connectivity index (χ1n) is 6.29. The van der Waals surface area contributed by atoms with Crippen molar-refractivity contribution >= 4 is 28.2 Å². The highest BCUT2D eigenvalue weighted by Gasteiger charge is 2.09. The molecular weight excluding hydrogens is 252 g/mol. The summed E-state index contributed by atoms with van der Waals surface area (Å²) in [6.45, 7) is 0. The minimum atomic E-state index is -0.0794. The van der Waals surface area contributed by atoms with E-state index in [1.54, 1.807) is 18.3 Å². The van der Waals surface area contributed by atoms with Crippen molar-refractivity contribution in [1.82, 2.24) is 10.2 Å². The number of nitrogen functional groups attached to an aromatic ring is 1. The quantitative estimate of drug-likeness (QED) is 0.636. The first-order valence-corrected chi connectivity index (χ1v) is 6.29. The molecule has 1 aromatic heterocycles. The highest BCUT2D eigenvalue weighted by atomic mass is 16.1. The van der Waals surface area contributed by atoms with Crippen LogP contribution in [0, 0.1) is 0 Å². The number of H-pyrrole nitrogens is 1. The molecule has 0 aliphatic rings. The monoisotopic (exact) mass is 266 g/mol. The van der Waals surface area contributed by atoms with Gasteiger partial charge in [-0.25, -0.2) is 0 Å². The summed E-state index contributed by atoms with van der Waals surface area (Å²) >= 11 is 0. The first kappa shape index (κ1) is 12.2. The average Bonchev–Trinajstić information content (AvgIpc) is 2.88. The third-order valence-electron chi connectivity index (χ3n) is 3.06. The van der Waals surface area contributed by atoms with Crippen molar-refractivity contribution < 1.29 is 4.79 Å². The largest absolute Gasteiger partial charge is 0.399 e. The molecule has 20 heavy (non-hydrogen) atoms. The predicted molar refractivity (Wildman–Crippen MR) is 79.3 cm³/mol. The number of benzene rings is 2. The van der Waals surface area contributed by atoms with E-state index >= 15 is 0 Å². The smallest absolute Gasteiger partial charge is 0.228 e. The SMILES string of the molecule is Nc1cc(NC(=O)Cc2ccccc2)c2cn[nH]c2c1. The molecule has 0 bridgehead atoms. The number of fused-ring (bicyclic) bond motifs is 1. The molecule has 0 radical (unpaired) electrons. The van der Waals surface area contributed by atoms with Gasteiger partial charge in [-0.05, 0) is 17.7 Å². The summed E-state index contributed by atoms with van der Waals surface area (Å²) in [5.41, 5.74) is 8.84. The molecule has 4 N–H and O–H groups in total. The van der Waals surface area contributed by atoms with Crippen LogP contribution in [0.2, 0.25) is 0 Å². The zero-order valence-electron chi connectivity index (χ0n) is 10.8. The molecule has 0 spiro atoms. The van der Waals surface area contributed by atoms with Gasteiger partial charge in [-0.1, -0.05) is 30.3 Å². The Kier molecular flexibility index (Phi) is 3.09. The number of hydrogen-bond donors (Lipinski definition) is 3. The minimum absolute atomic E-state index is 0.0794. The van der Waals surface area contributed by atoms with E-state index in [9.17, 15) is 4.79 Å². The van der Waals surface area contributed by atoms with Crippen LogP contribution in [0.25, 0.3) is 10.9 Å².